The SMILES string of the molecule is S=c1ncc2c([nH]1)CNC2. The Hall–Kier alpha value is -0.740. The lowest BCUT2D eigenvalue weighted by Crippen LogP contribution is -2.00. The van der Waals surface area contributed by atoms with Gasteiger partial charge in [0.2, 0.25) is 0 Å². The molecular weight excluding hydrogens is 146 g/mol. The summed E-state index contributed by atoms with van der Waals surface area (Å²) in [6.45, 7) is 1.80. The van der Waals surface area contributed by atoms with Crippen LogP contribution in [-0.2, 0) is 13.1 Å². The fraction of sp³-hybridized carbons (Fsp3) is 0.333. The molecule has 2 heterocycles. The van der Waals surface area contributed by atoms with Gasteiger partial charge in [-0.25, -0.2) is 4.98 Å². The molecule has 52 valence electrons. The van der Waals surface area contributed by atoms with Gasteiger partial charge in [0.1, 0.15) is 0 Å². The van der Waals surface area contributed by atoms with Crippen LogP contribution in [0.1, 0.15) is 11.3 Å². The van der Waals surface area contributed by atoms with Gasteiger partial charge in [-0.3, -0.25) is 0 Å². The molecule has 1 aromatic heterocycles. The molecule has 0 aromatic carbocycles. The summed E-state index contributed by atoms with van der Waals surface area (Å²) in [6.07, 6.45) is 1.83. The van der Waals surface area contributed by atoms with Gasteiger partial charge in [-0.05, 0) is 12.2 Å². The van der Waals surface area contributed by atoms with E-state index in [2.05, 4.69) is 15.3 Å². The summed E-state index contributed by atoms with van der Waals surface area (Å²) in [4.78, 5) is 7.00. The summed E-state index contributed by atoms with van der Waals surface area (Å²) in [5, 5.41) is 3.20. The zero-order valence-corrected chi connectivity index (χ0v) is 6.16. The molecule has 2 N–H and O–H groups in total. The Morgan fingerprint density at radius 1 is 1.50 bits per heavy atom. The summed E-state index contributed by atoms with van der Waals surface area (Å²) in [5.74, 6) is 0. The van der Waals surface area contributed by atoms with E-state index in [9.17, 15) is 0 Å². The van der Waals surface area contributed by atoms with Gasteiger partial charge in [0.15, 0.2) is 4.77 Å². The Morgan fingerprint density at radius 3 is 3.30 bits per heavy atom. The number of hydrogen-bond acceptors (Lipinski definition) is 3. The largest absolute Gasteiger partial charge is 0.333 e. The first-order chi connectivity index (χ1) is 4.86. The number of aromatic nitrogens is 2. The highest BCUT2D eigenvalue weighted by Gasteiger charge is 2.08. The maximum atomic E-state index is 4.86. The second-order valence-corrected chi connectivity index (χ2v) is 2.68. The van der Waals surface area contributed by atoms with Crippen molar-refractivity contribution in [2.24, 2.45) is 0 Å². The summed E-state index contributed by atoms with van der Waals surface area (Å²) >= 11 is 4.86. The number of hydrogen-bond donors (Lipinski definition) is 2. The number of rotatable bonds is 0. The van der Waals surface area contributed by atoms with Crippen LogP contribution < -0.4 is 5.32 Å². The van der Waals surface area contributed by atoms with Crippen LogP contribution >= 0.6 is 12.2 Å². The molecule has 0 spiro atoms. The van der Waals surface area contributed by atoms with Gasteiger partial charge in [-0.1, -0.05) is 0 Å². The minimum absolute atomic E-state index is 0.572. The number of nitrogens with one attached hydrogen (secondary N) is 2. The first-order valence-corrected chi connectivity index (χ1v) is 3.55. The Balaban J connectivity index is 2.63. The van der Waals surface area contributed by atoms with E-state index in [0.29, 0.717) is 4.77 Å². The number of H-pyrrole nitrogens is 1. The van der Waals surface area contributed by atoms with Gasteiger partial charge in [0, 0.05) is 30.5 Å². The zero-order chi connectivity index (χ0) is 6.97. The van der Waals surface area contributed by atoms with Crippen LogP contribution in [0.5, 0.6) is 0 Å². The van der Waals surface area contributed by atoms with E-state index < -0.39 is 0 Å². The lowest BCUT2D eigenvalue weighted by molar-refractivity contribution is 0.757. The van der Waals surface area contributed by atoms with Gasteiger partial charge in [-0.15, -0.1) is 0 Å². The second-order valence-electron chi connectivity index (χ2n) is 2.30. The fourth-order valence-electron chi connectivity index (χ4n) is 1.09. The second kappa shape index (κ2) is 2.14. The molecule has 2 rings (SSSR count). The van der Waals surface area contributed by atoms with Crippen molar-refractivity contribution < 1.29 is 0 Å². The maximum Gasteiger partial charge on any atom is 0.196 e. The molecule has 0 radical (unpaired) electrons. The maximum absolute atomic E-state index is 4.86. The van der Waals surface area contributed by atoms with Gasteiger partial charge in [0.05, 0.1) is 0 Å². The van der Waals surface area contributed by atoms with Crippen molar-refractivity contribution in [2.75, 3.05) is 0 Å². The molecule has 0 saturated carbocycles. The fourth-order valence-corrected chi connectivity index (χ4v) is 1.26. The van der Waals surface area contributed by atoms with Crippen molar-refractivity contribution in [3.8, 4) is 0 Å². The van der Waals surface area contributed by atoms with E-state index in [0.717, 1.165) is 13.1 Å². The molecule has 0 saturated heterocycles. The Bertz CT molecular complexity index is 304. The highest BCUT2D eigenvalue weighted by molar-refractivity contribution is 7.71. The van der Waals surface area contributed by atoms with Gasteiger partial charge >= 0.3 is 0 Å². The molecule has 3 nitrogen and oxygen atoms in total. The molecule has 0 amide bonds. The highest BCUT2D eigenvalue weighted by Crippen LogP contribution is 2.09. The van der Waals surface area contributed by atoms with Crippen molar-refractivity contribution >= 4 is 12.2 Å². The van der Waals surface area contributed by atoms with Crippen LogP contribution in [0.15, 0.2) is 6.20 Å². The molecule has 0 unspecified atom stereocenters. The Morgan fingerprint density at radius 2 is 2.40 bits per heavy atom. The number of aromatic amines is 1. The average molecular weight is 153 g/mol. The molecule has 10 heavy (non-hydrogen) atoms. The third-order valence-electron chi connectivity index (χ3n) is 1.60. The Labute approximate surface area is 63.5 Å². The summed E-state index contributed by atoms with van der Waals surface area (Å²) < 4.78 is 0.572. The van der Waals surface area contributed by atoms with Crippen molar-refractivity contribution in [1.82, 2.24) is 15.3 Å². The normalized spacial score (nSPS) is 15.2. The lowest BCUT2D eigenvalue weighted by Gasteiger charge is -1.93. The molecular formula is C6H7N3S. The minimum atomic E-state index is 0.572. The topological polar surface area (TPSA) is 40.7 Å². The van der Waals surface area contributed by atoms with E-state index in [1.54, 1.807) is 0 Å². The molecule has 1 aliphatic heterocycles. The quantitative estimate of drug-likeness (QED) is 0.540. The third kappa shape index (κ3) is 0.853. The molecule has 0 bridgehead atoms. The van der Waals surface area contributed by atoms with E-state index in [-0.39, 0.29) is 0 Å². The molecule has 0 fully saturated rings. The van der Waals surface area contributed by atoms with Crippen LogP contribution in [0.4, 0.5) is 0 Å². The van der Waals surface area contributed by atoms with E-state index in [1.165, 1.54) is 11.3 Å². The molecule has 4 heteroatoms. The van der Waals surface area contributed by atoms with Crippen LogP contribution in [-0.4, -0.2) is 9.97 Å². The van der Waals surface area contributed by atoms with E-state index in [4.69, 9.17) is 12.2 Å². The van der Waals surface area contributed by atoms with Crippen molar-refractivity contribution in [3.63, 3.8) is 0 Å². The monoisotopic (exact) mass is 153 g/mol. The summed E-state index contributed by atoms with van der Waals surface area (Å²) in [7, 11) is 0. The molecule has 1 aromatic rings. The number of nitrogens with zero attached hydrogens (tertiary/aromatic N) is 1. The summed E-state index contributed by atoms with van der Waals surface area (Å²) in [5.41, 5.74) is 2.41. The third-order valence-corrected chi connectivity index (χ3v) is 1.81. The molecule has 0 aliphatic carbocycles. The van der Waals surface area contributed by atoms with Crippen LogP contribution in [0.3, 0.4) is 0 Å². The summed E-state index contributed by atoms with van der Waals surface area (Å²) in [6, 6.07) is 0. The van der Waals surface area contributed by atoms with Crippen molar-refractivity contribution in [1.29, 1.82) is 0 Å². The van der Waals surface area contributed by atoms with Crippen LogP contribution in [0.2, 0.25) is 0 Å². The first-order valence-electron chi connectivity index (χ1n) is 3.14. The average Bonchev–Trinajstić information content (AvgIpc) is 2.33. The van der Waals surface area contributed by atoms with E-state index >= 15 is 0 Å². The smallest absolute Gasteiger partial charge is 0.196 e. The first kappa shape index (κ1) is 6.00. The van der Waals surface area contributed by atoms with Crippen molar-refractivity contribution in [3.05, 3.63) is 22.2 Å². The molecule has 1 aliphatic rings. The van der Waals surface area contributed by atoms with Crippen molar-refractivity contribution in [2.45, 2.75) is 13.1 Å². The predicted molar refractivity (Wildman–Crippen MR) is 40.0 cm³/mol. The minimum Gasteiger partial charge on any atom is -0.333 e. The highest BCUT2D eigenvalue weighted by atomic mass is 32.1. The number of fused-ring (bicyclic) bond motifs is 1. The van der Waals surface area contributed by atoms with Gasteiger partial charge in [0.25, 0.3) is 0 Å². The van der Waals surface area contributed by atoms with Crippen LogP contribution in [0.25, 0.3) is 0 Å². The van der Waals surface area contributed by atoms with Crippen LogP contribution in [0, 0.1) is 4.77 Å². The predicted octanol–water partition coefficient (Wildman–Crippen LogP) is 0.742. The lowest BCUT2D eigenvalue weighted by atomic mass is 10.3. The van der Waals surface area contributed by atoms with Gasteiger partial charge < -0.3 is 10.3 Å². The Kier molecular flexibility index (Phi) is 1.28. The standard InChI is InChI=1S/C6H7N3S/c10-6-8-2-4-1-7-3-5(4)9-6/h2,7H,1,3H2,(H,8,9,10). The van der Waals surface area contributed by atoms with Gasteiger partial charge in [-0.2, -0.15) is 0 Å². The zero-order valence-electron chi connectivity index (χ0n) is 5.35. The molecule has 0 atom stereocenters. The van der Waals surface area contributed by atoms with E-state index in [1.807, 2.05) is 6.20 Å².